The van der Waals surface area contributed by atoms with E-state index in [0.29, 0.717) is 12.5 Å². The minimum absolute atomic E-state index is 0.0909. The summed E-state index contributed by atoms with van der Waals surface area (Å²) in [5.74, 6) is 1.54. The maximum Gasteiger partial charge on any atom is 0.206 e. The highest BCUT2D eigenvalue weighted by molar-refractivity contribution is 5.79. The van der Waals surface area contributed by atoms with Crippen LogP contribution in [-0.2, 0) is 11.3 Å². The van der Waals surface area contributed by atoms with Crippen molar-refractivity contribution in [3.63, 3.8) is 0 Å². The summed E-state index contributed by atoms with van der Waals surface area (Å²) in [6.07, 6.45) is 2.37. The van der Waals surface area contributed by atoms with Gasteiger partial charge in [0.2, 0.25) is 5.95 Å². The topological polar surface area (TPSA) is 70.8 Å². The van der Waals surface area contributed by atoms with Gasteiger partial charge >= 0.3 is 0 Å². The highest BCUT2D eigenvalue weighted by Gasteiger charge is 2.63. The summed E-state index contributed by atoms with van der Waals surface area (Å²) >= 11 is 0. The van der Waals surface area contributed by atoms with Gasteiger partial charge in [-0.05, 0) is 25.0 Å². The molecule has 3 fully saturated rings. The first-order valence-corrected chi connectivity index (χ1v) is 8.85. The van der Waals surface area contributed by atoms with E-state index >= 15 is 0 Å². The zero-order valence-corrected chi connectivity index (χ0v) is 13.6. The van der Waals surface area contributed by atoms with Crippen LogP contribution in [0.1, 0.15) is 12.8 Å². The number of nitrogens with zero attached hydrogens (tertiary/aromatic N) is 3. The lowest BCUT2D eigenvalue weighted by atomic mass is 9.74. The first-order valence-electron chi connectivity index (χ1n) is 8.85. The Morgan fingerprint density at radius 1 is 1.29 bits per heavy atom. The zero-order valence-electron chi connectivity index (χ0n) is 13.6. The van der Waals surface area contributed by atoms with E-state index in [4.69, 9.17) is 9.72 Å². The lowest BCUT2D eigenvalue weighted by Crippen LogP contribution is -2.38. The smallest absolute Gasteiger partial charge is 0.206 e. The van der Waals surface area contributed by atoms with E-state index < -0.39 is 0 Å². The van der Waals surface area contributed by atoms with Crippen LogP contribution in [0.4, 0.5) is 5.95 Å². The molecule has 4 heterocycles. The minimum atomic E-state index is -0.111. The lowest BCUT2D eigenvalue weighted by Gasteiger charge is -2.27. The van der Waals surface area contributed by atoms with Gasteiger partial charge in [0.15, 0.2) is 0 Å². The maximum atomic E-state index is 9.79. The predicted molar refractivity (Wildman–Crippen MR) is 89.9 cm³/mol. The molecule has 3 aliphatic heterocycles. The average molecular weight is 329 g/mol. The molecule has 6 nitrogen and oxygen atoms in total. The van der Waals surface area contributed by atoms with Crippen molar-refractivity contribution < 1.29 is 14.9 Å². The monoisotopic (exact) mass is 329 g/mol. The van der Waals surface area contributed by atoms with Gasteiger partial charge in [-0.1, -0.05) is 12.1 Å². The summed E-state index contributed by atoms with van der Waals surface area (Å²) in [5, 5.41) is 19.3. The third-order valence-electron chi connectivity index (χ3n) is 6.24. The summed E-state index contributed by atoms with van der Waals surface area (Å²) in [6.45, 7) is 2.54. The second-order valence-corrected chi connectivity index (χ2v) is 7.37. The largest absolute Gasteiger partial charge is 0.396 e. The Balaban J connectivity index is 1.54. The highest BCUT2D eigenvalue weighted by Crippen LogP contribution is 2.55. The molecule has 0 radical (unpaired) electrons. The van der Waals surface area contributed by atoms with Crippen molar-refractivity contribution >= 4 is 17.0 Å². The molecule has 4 atom stereocenters. The number of benzene rings is 1. The highest BCUT2D eigenvalue weighted by atomic mass is 16.5. The van der Waals surface area contributed by atoms with Crippen LogP contribution in [0.5, 0.6) is 0 Å². The molecule has 128 valence electrons. The number of aromatic nitrogens is 2. The van der Waals surface area contributed by atoms with Gasteiger partial charge in [0, 0.05) is 31.5 Å². The maximum absolute atomic E-state index is 9.79. The number of fused-ring (bicyclic) bond motifs is 2. The standard InChI is InChI=1S/C18H23N3O3/c22-8-7-21-15-4-2-1-3-14(15)19-17(21)20-9-13-12(10-23)16-5-6-18(13,11-20)24-16/h1-4,12-13,16,22-23H,5-11H2/t12-,13+,16+,18+/m1/s1. The number of hydrogen-bond donors (Lipinski definition) is 2. The summed E-state index contributed by atoms with van der Waals surface area (Å²) in [7, 11) is 0. The second-order valence-electron chi connectivity index (χ2n) is 7.37. The average Bonchev–Trinajstić information content (AvgIpc) is 3.32. The Morgan fingerprint density at radius 2 is 2.17 bits per heavy atom. The van der Waals surface area contributed by atoms with E-state index in [9.17, 15) is 10.2 Å². The van der Waals surface area contributed by atoms with E-state index in [1.165, 1.54) is 0 Å². The Hall–Kier alpha value is -1.63. The Kier molecular flexibility index (Phi) is 3.17. The molecule has 0 saturated carbocycles. The molecule has 5 rings (SSSR count). The van der Waals surface area contributed by atoms with Gasteiger partial charge in [0.1, 0.15) is 0 Å². The fourth-order valence-electron chi connectivity index (χ4n) is 5.21. The van der Waals surface area contributed by atoms with Crippen LogP contribution in [0.2, 0.25) is 0 Å². The van der Waals surface area contributed by atoms with Crippen molar-refractivity contribution in [3.05, 3.63) is 24.3 Å². The van der Waals surface area contributed by atoms with Gasteiger partial charge in [0.25, 0.3) is 0 Å². The molecule has 2 aromatic rings. The molecular weight excluding hydrogens is 306 g/mol. The first kappa shape index (κ1) is 14.7. The molecule has 1 spiro atoms. The van der Waals surface area contributed by atoms with Crippen LogP contribution < -0.4 is 4.90 Å². The number of aliphatic hydroxyl groups excluding tert-OH is 2. The Labute approximate surface area is 140 Å². The van der Waals surface area contributed by atoms with Crippen molar-refractivity contribution in [1.29, 1.82) is 0 Å². The summed E-state index contributed by atoms with van der Waals surface area (Å²) < 4.78 is 8.43. The molecule has 0 unspecified atom stereocenters. The van der Waals surface area contributed by atoms with Gasteiger partial charge < -0.3 is 24.4 Å². The van der Waals surface area contributed by atoms with Crippen molar-refractivity contribution in [2.75, 3.05) is 31.2 Å². The zero-order chi connectivity index (χ0) is 16.3. The fraction of sp³-hybridized carbons (Fsp3) is 0.611. The molecule has 24 heavy (non-hydrogen) atoms. The molecule has 0 amide bonds. The van der Waals surface area contributed by atoms with Gasteiger partial charge in [-0.3, -0.25) is 0 Å². The quantitative estimate of drug-likeness (QED) is 0.876. The van der Waals surface area contributed by atoms with Crippen LogP contribution in [-0.4, -0.2) is 57.8 Å². The molecule has 3 saturated heterocycles. The van der Waals surface area contributed by atoms with Crippen LogP contribution >= 0.6 is 0 Å². The summed E-state index contributed by atoms with van der Waals surface area (Å²) in [4.78, 5) is 7.13. The van der Waals surface area contributed by atoms with Crippen molar-refractivity contribution in [2.45, 2.75) is 31.1 Å². The predicted octanol–water partition coefficient (Wildman–Crippen LogP) is 1.00. The number of para-hydroxylation sites is 2. The van der Waals surface area contributed by atoms with E-state index in [-0.39, 0.29) is 30.8 Å². The minimum Gasteiger partial charge on any atom is -0.396 e. The summed E-state index contributed by atoms with van der Waals surface area (Å²) in [6, 6.07) is 8.06. The third-order valence-corrected chi connectivity index (χ3v) is 6.24. The fourth-order valence-corrected chi connectivity index (χ4v) is 5.21. The number of rotatable bonds is 4. The van der Waals surface area contributed by atoms with Crippen LogP contribution in [0.15, 0.2) is 24.3 Å². The van der Waals surface area contributed by atoms with Crippen molar-refractivity contribution in [2.24, 2.45) is 11.8 Å². The van der Waals surface area contributed by atoms with Crippen molar-refractivity contribution in [1.82, 2.24) is 9.55 Å². The van der Waals surface area contributed by atoms with E-state index in [1.54, 1.807) is 0 Å². The molecule has 3 aliphatic rings. The molecule has 2 bridgehead atoms. The Bertz CT molecular complexity index is 776. The van der Waals surface area contributed by atoms with Gasteiger partial charge in [-0.15, -0.1) is 0 Å². The number of aliphatic hydroxyl groups is 2. The molecule has 1 aromatic heterocycles. The van der Waals surface area contributed by atoms with Crippen LogP contribution in [0.25, 0.3) is 11.0 Å². The normalized spacial score (nSPS) is 34.4. The van der Waals surface area contributed by atoms with Crippen molar-refractivity contribution in [3.8, 4) is 0 Å². The molecular formula is C18H23N3O3. The van der Waals surface area contributed by atoms with Crippen LogP contribution in [0, 0.1) is 11.8 Å². The molecule has 1 aromatic carbocycles. The van der Waals surface area contributed by atoms with E-state index in [1.807, 2.05) is 18.2 Å². The van der Waals surface area contributed by atoms with E-state index in [2.05, 4.69) is 15.5 Å². The number of hydrogen-bond acceptors (Lipinski definition) is 5. The number of ether oxygens (including phenoxy) is 1. The Morgan fingerprint density at radius 3 is 3.00 bits per heavy atom. The SMILES string of the molecule is OCCn1c(N2C[C@H]3[C@@H](CO)[C@@H]4CC[C@@]3(C2)O4)nc2ccccc21. The third kappa shape index (κ3) is 1.84. The molecule has 6 heteroatoms. The molecule has 2 N–H and O–H groups in total. The molecule has 0 aliphatic carbocycles. The van der Waals surface area contributed by atoms with Gasteiger partial charge in [-0.2, -0.15) is 0 Å². The van der Waals surface area contributed by atoms with Gasteiger partial charge in [-0.25, -0.2) is 4.98 Å². The lowest BCUT2D eigenvalue weighted by molar-refractivity contribution is 0.0128. The van der Waals surface area contributed by atoms with Gasteiger partial charge in [0.05, 0.1) is 35.9 Å². The first-order chi connectivity index (χ1) is 11.8. The second kappa shape index (κ2) is 5.18. The number of anilines is 1. The van der Waals surface area contributed by atoms with Crippen LogP contribution in [0.3, 0.4) is 0 Å². The summed E-state index contributed by atoms with van der Waals surface area (Å²) in [5.41, 5.74) is 1.90. The van der Waals surface area contributed by atoms with E-state index in [0.717, 1.165) is 42.9 Å². The number of imidazole rings is 1.